The molecule has 0 bridgehead atoms. The first kappa shape index (κ1) is 12.8. The molecule has 0 aliphatic heterocycles. The van der Waals surface area contributed by atoms with Crippen molar-refractivity contribution in [2.75, 3.05) is 0 Å². The van der Waals surface area contributed by atoms with Gasteiger partial charge < -0.3 is 0 Å². The summed E-state index contributed by atoms with van der Waals surface area (Å²) < 4.78 is 0. The number of aromatic nitrogens is 1. The minimum Gasteiger partial charge on any atom is -0.271 e. The molecule has 0 saturated heterocycles. The second-order valence-corrected chi connectivity index (χ2v) is 6.46. The number of hydrogen-bond acceptors (Lipinski definition) is 4. The van der Waals surface area contributed by atoms with Crippen LogP contribution in [0.15, 0.2) is 30.5 Å². The molecule has 0 saturated carbocycles. The van der Waals surface area contributed by atoms with Crippen molar-refractivity contribution in [1.82, 2.24) is 10.4 Å². The topological polar surface area (TPSA) is 50.9 Å². The van der Waals surface area contributed by atoms with Crippen molar-refractivity contribution in [3.63, 3.8) is 0 Å². The van der Waals surface area contributed by atoms with Crippen molar-refractivity contribution >= 4 is 11.3 Å². The van der Waals surface area contributed by atoms with Gasteiger partial charge in [-0.3, -0.25) is 16.3 Å². The summed E-state index contributed by atoms with van der Waals surface area (Å²) in [6.07, 6.45) is 5.40. The molecule has 3 N–H and O–H groups in total. The van der Waals surface area contributed by atoms with Gasteiger partial charge in [0.25, 0.3) is 0 Å². The molecule has 3 nitrogen and oxygen atoms in total. The molecule has 2 heterocycles. The van der Waals surface area contributed by atoms with Gasteiger partial charge in [-0.2, -0.15) is 0 Å². The van der Waals surface area contributed by atoms with Gasteiger partial charge in [-0.1, -0.05) is 6.07 Å². The van der Waals surface area contributed by atoms with Gasteiger partial charge in [0.2, 0.25) is 0 Å². The van der Waals surface area contributed by atoms with Crippen LogP contribution in [0.2, 0.25) is 0 Å². The normalized spacial score (nSPS) is 20.0. The van der Waals surface area contributed by atoms with Gasteiger partial charge in [-0.25, -0.2) is 0 Å². The zero-order valence-corrected chi connectivity index (χ0v) is 11.9. The van der Waals surface area contributed by atoms with E-state index in [0.717, 1.165) is 12.8 Å². The molecule has 2 unspecified atom stereocenters. The Morgan fingerprint density at radius 3 is 3.05 bits per heavy atom. The smallest absolute Gasteiger partial charge is 0.0636 e. The summed E-state index contributed by atoms with van der Waals surface area (Å²) in [6.45, 7) is 2.13. The molecular formula is C15H19N3S. The van der Waals surface area contributed by atoms with E-state index in [9.17, 15) is 0 Å². The summed E-state index contributed by atoms with van der Waals surface area (Å²) in [5.74, 6) is 6.21. The van der Waals surface area contributed by atoms with Gasteiger partial charge in [0.05, 0.1) is 6.04 Å². The lowest BCUT2D eigenvalue weighted by molar-refractivity contribution is 0.404. The Balaban J connectivity index is 1.97. The van der Waals surface area contributed by atoms with Crippen molar-refractivity contribution < 1.29 is 0 Å². The average Bonchev–Trinajstić information content (AvgIpc) is 2.86. The maximum atomic E-state index is 5.83. The first-order valence-electron chi connectivity index (χ1n) is 6.76. The van der Waals surface area contributed by atoms with E-state index in [1.54, 1.807) is 0 Å². The van der Waals surface area contributed by atoms with E-state index >= 15 is 0 Å². The SMILES string of the molecule is Cc1ccc(C(NN)C2CCCc3cccnc32)s1. The van der Waals surface area contributed by atoms with E-state index in [2.05, 4.69) is 35.5 Å². The maximum Gasteiger partial charge on any atom is 0.0636 e. The van der Waals surface area contributed by atoms with Gasteiger partial charge in [0.1, 0.15) is 0 Å². The molecule has 100 valence electrons. The monoisotopic (exact) mass is 273 g/mol. The summed E-state index contributed by atoms with van der Waals surface area (Å²) in [4.78, 5) is 7.25. The molecule has 1 aliphatic rings. The molecule has 4 heteroatoms. The van der Waals surface area contributed by atoms with Crippen LogP contribution in [0.25, 0.3) is 0 Å². The molecule has 2 aromatic heterocycles. The Morgan fingerprint density at radius 2 is 2.32 bits per heavy atom. The van der Waals surface area contributed by atoms with Crippen LogP contribution in [0.5, 0.6) is 0 Å². The number of hydrogen-bond donors (Lipinski definition) is 2. The van der Waals surface area contributed by atoms with Crippen LogP contribution in [0.1, 0.15) is 45.8 Å². The lowest BCUT2D eigenvalue weighted by Gasteiger charge is -2.30. The van der Waals surface area contributed by atoms with E-state index in [1.807, 2.05) is 23.6 Å². The van der Waals surface area contributed by atoms with Crippen LogP contribution in [0.3, 0.4) is 0 Å². The Morgan fingerprint density at radius 1 is 1.42 bits per heavy atom. The number of thiophene rings is 1. The fraction of sp³-hybridized carbons (Fsp3) is 0.400. The lowest BCUT2D eigenvalue weighted by atomic mass is 9.81. The summed E-state index contributed by atoms with van der Waals surface area (Å²) in [6, 6.07) is 8.74. The molecule has 0 aromatic carbocycles. The fourth-order valence-electron chi connectivity index (χ4n) is 2.99. The highest BCUT2D eigenvalue weighted by Gasteiger charge is 2.30. The first-order valence-corrected chi connectivity index (χ1v) is 7.57. The summed E-state index contributed by atoms with van der Waals surface area (Å²) in [5, 5.41) is 0. The quantitative estimate of drug-likeness (QED) is 0.667. The van der Waals surface area contributed by atoms with Gasteiger partial charge in [0, 0.05) is 27.6 Å². The number of rotatable bonds is 3. The predicted molar refractivity (Wildman–Crippen MR) is 79.0 cm³/mol. The second kappa shape index (κ2) is 5.41. The van der Waals surface area contributed by atoms with Gasteiger partial charge in [-0.15, -0.1) is 11.3 Å². The predicted octanol–water partition coefficient (Wildman–Crippen LogP) is 3.08. The van der Waals surface area contributed by atoms with E-state index < -0.39 is 0 Å². The molecule has 0 radical (unpaired) electrons. The van der Waals surface area contributed by atoms with E-state index in [-0.39, 0.29) is 6.04 Å². The third-order valence-corrected chi connectivity index (χ3v) is 4.97. The summed E-state index contributed by atoms with van der Waals surface area (Å²) >= 11 is 1.82. The highest BCUT2D eigenvalue weighted by Crippen LogP contribution is 2.40. The van der Waals surface area contributed by atoms with E-state index in [1.165, 1.54) is 27.4 Å². The van der Waals surface area contributed by atoms with Crippen molar-refractivity contribution in [3.8, 4) is 0 Å². The lowest BCUT2D eigenvalue weighted by Crippen LogP contribution is -2.34. The molecule has 0 fully saturated rings. The highest BCUT2D eigenvalue weighted by molar-refractivity contribution is 7.12. The third-order valence-electron chi connectivity index (χ3n) is 3.89. The molecule has 0 spiro atoms. The number of nitrogens with zero attached hydrogens (tertiary/aromatic N) is 1. The average molecular weight is 273 g/mol. The van der Waals surface area contributed by atoms with Crippen molar-refractivity contribution in [3.05, 3.63) is 51.5 Å². The standard InChI is InChI=1S/C15H19N3S/c1-10-7-8-13(19-10)15(18-16)12-6-2-4-11-5-3-9-17-14(11)12/h3,5,7-9,12,15,18H,2,4,6,16H2,1H3. The molecule has 19 heavy (non-hydrogen) atoms. The van der Waals surface area contributed by atoms with Gasteiger partial charge >= 0.3 is 0 Å². The van der Waals surface area contributed by atoms with E-state index in [0.29, 0.717) is 5.92 Å². The zero-order valence-electron chi connectivity index (χ0n) is 11.1. The third kappa shape index (κ3) is 2.43. The number of nitrogens with one attached hydrogen (secondary N) is 1. The van der Waals surface area contributed by atoms with E-state index in [4.69, 9.17) is 5.84 Å². The molecule has 1 aliphatic carbocycles. The van der Waals surface area contributed by atoms with Crippen LogP contribution in [0, 0.1) is 6.92 Å². The Hall–Kier alpha value is -1.23. The molecule has 2 aromatic rings. The molecule has 3 rings (SSSR count). The largest absolute Gasteiger partial charge is 0.271 e. The first-order chi connectivity index (χ1) is 9.29. The minimum absolute atomic E-state index is 0.174. The van der Waals surface area contributed by atoms with Crippen LogP contribution in [0.4, 0.5) is 0 Å². The maximum absolute atomic E-state index is 5.83. The van der Waals surface area contributed by atoms with Crippen molar-refractivity contribution in [1.29, 1.82) is 0 Å². The number of hydrazine groups is 1. The number of fused-ring (bicyclic) bond motifs is 1. The molecule has 0 amide bonds. The molecular weight excluding hydrogens is 254 g/mol. The number of nitrogens with two attached hydrogens (primary N) is 1. The molecule has 2 atom stereocenters. The van der Waals surface area contributed by atoms with Crippen molar-refractivity contribution in [2.45, 2.75) is 38.1 Å². The van der Waals surface area contributed by atoms with Crippen LogP contribution < -0.4 is 11.3 Å². The number of aryl methyl sites for hydroxylation is 2. The second-order valence-electron chi connectivity index (χ2n) is 5.14. The Bertz CT molecular complexity index is 564. The van der Waals surface area contributed by atoms with Crippen LogP contribution >= 0.6 is 11.3 Å². The highest BCUT2D eigenvalue weighted by atomic mass is 32.1. The van der Waals surface area contributed by atoms with Gasteiger partial charge in [-0.05, 0) is 49.9 Å². The van der Waals surface area contributed by atoms with Crippen LogP contribution in [-0.2, 0) is 6.42 Å². The van der Waals surface area contributed by atoms with Gasteiger partial charge in [0.15, 0.2) is 0 Å². The number of pyridine rings is 1. The summed E-state index contributed by atoms with van der Waals surface area (Å²) in [7, 11) is 0. The Kier molecular flexibility index (Phi) is 3.64. The zero-order chi connectivity index (χ0) is 13.2. The minimum atomic E-state index is 0.174. The summed E-state index contributed by atoms with van der Waals surface area (Å²) in [5.41, 5.74) is 5.62. The Labute approximate surface area is 117 Å². The fourth-order valence-corrected chi connectivity index (χ4v) is 3.99. The van der Waals surface area contributed by atoms with Crippen molar-refractivity contribution in [2.24, 2.45) is 5.84 Å². The van der Waals surface area contributed by atoms with Crippen LogP contribution in [-0.4, -0.2) is 4.98 Å².